The summed E-state index contributed by atoms with van der Waals surface area (Å²) in [5.74, 6) is 0. The second-order valence-corrected chi connectivity index (χ2v) is 4.88. The molecule has 0 radical (unpaired) electrons. The van der Waals surface area contributed by atoms with Gasteiger partial charge < -0.3 is 5.21 Å². The molecular formula is C15H21NO. The van der Waals surface area contributed by atoms with Gasteiger partial charge in [-0.1, -0.05) is 25.5 Å². The third-order valence-corrected chi connectivity index (χ3v) is 3.60. The number of rotatable bonds is 3. The van der Waals surface area contributed by atoms with Gasteiger partial charge in [0.25, 0.3) is 0 Å². The highest BCUT2D eigenvalue weighted by atomic mass is 16.5. The molecule has 1 aliphatic rings. The summed E-state index contributed by atoms with van der Waals surface area (Å²) in [6, 6.07) is 8.47. The molecule has 1 aliphatic carbocycles. The molecule has 17 heavy (non-hydrogen) atoms. The highest BCUT2D eigenvalue weighted by Crippen LogP contribution is 2.19. The predicted molar refractivity (Wildman–Crippen MR) is 71.5 cm³/mol. The van der Waals surface area contributed by atoms with Gasteiger partial charge in [0.2, 0.25) is 0 Å². The molecule has 0 aromatic heterocycles. The largest absolute Gasteiger partial charge is 0.624 e. The smallest absolute Gasteiger partial charge is 0.182 e. The van der Waals surface area contributed by atoms with Gasteiger partial charge in [0, 0.05) is 18.4 Å². The monoisotopic (exact) mass is 231 g/mol. The van der Waals surface area contributed by atoms with Crippen LogP contribution in [0.5, 0.6) is 0 Å². The maximum absolute atomic E-state index is 12.0. The van der Waals surface area contributed by atoms with Crippen molar-refractivity contribution in [3.8, 4) is 0 Å². The van der Waals surface area contributed by atoms with Crippen molar-refractivity contribution in [1.29, 1.82) is 0 Å². The van der Waals surface area contributed by atoms with Crippen LogP contribution in [0.2, 0.25) is 0 Å². The second-order valence-electron chi connectivity index (χ2n) is 4.88. The summed E-state index contributed by atoms with van der Waals surface area (Å²) >= 11 is 0. The molecule has 1 aromatic rings. The van der Waals surface area contributed by atoms with E-state index in [0.717, 1.165) is 24.8 Å². The topological polar surface area (TPSA) is 26.1 Å². The van der Waals surface area contributed by atoms with Crippen LogP contribution >= 0.6 is 0 Å². The molecule has 2 heteroatoms. The fraction of sp³-hybridized carbons (Fsp3) is 0.533. The van der Waals surface area contributed by atoms with E-state index in [2.05, 4.69) is 19.1 Å². The summed E-state index contributed by atoms with van der Waals surface area (Å²) < 4.78 is 1.17. The molecule has 0 aliphatic heterocycles. The van der Waals surface area contributed by atoms with Crippen molar-refractivity contribution in [3.05, 3.63) is 40.6 Å². The molecule has 0 bridgehead atoms. The van der Waals surface area contributed by atoms with E-state index in [-0.39, 0.29) is 6.04 Å². The Kier molecular flexibility index (Phi) is 4.18. The van der Waals surface area contributed by atoms with Gasteiger partial charge in [0.1, 0.15) is 0 Å². The minimum atomic E-state index is 0.203. The molecular weight excluding hydrogens is 210 g/mol. The van der Waals surface area contributed by atoms with E-state index < -0.39 is 0 Å². The lowest BCUT2D eigenvalue weighted by Crippen LogP contribution is -2.25. The fourth-order valence-electron chi connectivity index (χ4n) is 2.43. The standard InChI is InChI=1S/C15H21NO/c1-2-13-8-10-14(11-9-13)12-16(17)15-6-4-3-5-7-15/h8-12,15H,2-7H2,1H3/b16-12+. The Balaban J connectivity index is 2.05. The van der Waals surface area contributed by atoms with E-state index in [1.54, 1.807) is 6.21 Å². The molecule has 0 heterocycles. The van der Waals surface area contributed by atoms with E-state index in [4.69, 9.17) is 0 Å². The third-order valence-electron chi connectivity index (χ3n) is 3.60. The first kappa shape index (κ1) is 12.2. The number of hydroxylamine groups is 1. The third kappa shape index (κ3) is 3.32. The molecule has 1 fully saturated rings. The van der Waals surface area contributed by atoms with E-state index in [1.807, 2.05) is 12.1 Å². The van der Waals surface area contributed by atoms with Gasteiger partial charge in [-0.25, -0.2) is 4.74 Å². The first-order valence-corrected chi connectivity index (χ1v) is 6.69. The average molecular weight is 231 g/mol. The van der Waals surface area contributed by atoms with Crippen LogP contribution in [0.1, 0.15) is 50.2 Å². The molecule has 0 saturated heterocycles. The summed E-state index contributed by atoms with van der Waals surface area (Å²) in [4.78, 5) is 0. The SMILES string of the molecule is CCc1ccc(/C=[N+](/[O-])C2CCCCC2)cc1. The van der Waals surface area contributed by atoms with Crippen LogP contribution in [-0.4, -0.2) is 17.0 Å². The van der Waals surface area contributed by atoms with Crippen molar-refractivity contribution in [2.75, 3.05) is 0 Å². The molecule has 2 nitrogen and oxygen atoms in total. The van der Waals surface area contributed by atoms with Gasteiger partial charge >= 0.3 is 0 Å². The van der Waals surface area contributed by atoms with Crippen molar-refractivity contribution < 1.29 is 4.74 Å². The predicted octanol–water partition coefficient (Wildman–Crippen LogP) is 3.51. The number of benzene rings is 1. The summed E-state index contributed by atoms with van der Waals surface area (Å²) in [5.41, 5.74) is 2.33. The Labute approximate surface area is 104 Å². The van der Waals surface area contributed by atoms with Crippen molar-refractivity contribution in [1.82, 2.24) is 0 Å². The fourth-order valence-corrected chi connectivity index (χ4v) is 2.43. The Morgan fingerprint density at radius 2 is 1.82 bits per heavy atom. The lowest BCUT2D eigenvalue weighted by Gasteiger charge is -2.20. The Morgan fingerprint density at radius 3 is 2.41 bits per heavy atom. The highest BCUT2D eigenvalue weighted by Gasteiger charge is 2.19. The quantitative estimate of drug-likeness (QED) is 0.338. The first-order valence-electron chi connectivity index (χ1n) is 6.69. The lowest BCUT2D eigenvalue weighted by atomic mass is 9.96. The number of aryl methyl sites for hydroxylation is 1. The summed E-state index contributed by atoms with van der Waals surface area (Å²) in [5, 5.41) is 12.0. The van der Waals surface area contributed by atoms with Crippen LogP contribution < -0.4 is 0 Å². The minimum Gasteiger partial charge on any atom is -0.624 e. The van der Waals surface area contributed by atoms with Crippen LogP contribution in [0.4, 0.5) is 0 Å². The molecule has 0 spiro atoms. The van der Waals surface area contributed by atoms with E-state index in [0.29, 0.717) is 0 Å². The summed E-state index contributed by atoms with van der Waals surface area (Å²) in [7, 11) is 0. The van der Waals surface area contributed by atoms with Gasteiger partial charge in [0.05, 0.1) is 0 Å². The van der Waals surface area contributed by atoms with Crippen LogP contribution in [-0.2, 0) is 6.42 Å². The van der Waals surface area contributed by atoms with Gasteiger partial charge in [0.15, 0.2) is 12.3 Å². The maximum atomic E-state index is 12.0. The summed E-state index contributed by atoms with van der Waals surface area (Å²) in [6.45, 7) is 2.14. The van der Waals surface area contributed by atoms with Crippen LogP contribution in [0.3, 0.4) is 0 Å². The van der Waals surface area contributed by atoms with Crippen LogP contribution in [0, 0.1) is 5.21 Å². The van der Waals surface area contributed by atoms with E-state index in [9.17, 15) is 5.21 Å². The van der Waals surface area contributed by atoms with Gasteiger partial charge in [-0.2, -0.15) is 0 Å². The van der Waals surface area contributed by atoms with Crippen molar-refractivity contribution in [3.63, 3.8) is 0 Å². The number of hydrogen-bond acceptors (Lipinski definition) is 1. The van der Waals surface area contributed by atoms with Crippen molar-refractivity contribution in [2.24, 2.45) is 0 Å². The molecule has 0 amide bonds. The molecule has 2 rings (SSSR count). The van der Waals surface area contributed by atoms with Gasteiger partial charge in [-0.05, 0) is 37.0 Å². The molecule has 0 N–H and O–H groups in total. The normalized spacial score (nSPS) is 18.3. The van der Waals surface area contributed by atoms with Gasteiger partial charge in [-0.3, -0.25) is 0 Å². The maximum Gasteiger partial charge on any atom is 0.182 e. The molecule has 0 atom stereocenters. The van der Waals surface area contributed by atoms with Crippen LogP contribution in [0.15, 0.2) is 24.3 Å². The zero-order valence-corrected chi connectivity index (χ0v) is 10.6. The van der Waals surface area contributed by atoms with E-state index >= 15 is 0 Å². The van der Waals surface area contributed by atoms with Crippen LogP contribution in [0.25, 0.3) is 0 Å². The number of nitrogens with zero attached hydrogens (tertiary/aromatic N) is 1. The lowest BCUT2D eigenvalue weighted by molar-refractivity contribution is -0.500. The summed E-state index contributed by atoms with van der Waals surface area (Å²) in [6.07, 6.45) is 8.58. The highest BCUT2D eigenvalue weighted by molar-refractivity contribution is 5.75. The molecule has 1 aromatic carbocycles. The Bertz CT molecular complexity index is 374. The minimum absolute atomic E-state index is 0.203. The molecule has 0 unspecified atom stereocenters. The van der Waals surface area contributed by atoms with Gasteiger partial charge in [-0.15, -0.1) is 0 Å². The zero-order valence-electron chi connectivity index (χ0n) is 10.6. The second kappa shape index (κ2) is 5.85. The van der Waals surface area contributed by atoms with Crippen molar-refractivity contribution in [2.45, 2.75) is 51.5 Å². The van der Waals surface area contributed by atoms with E-state index in [1.165, 1.54) is 29.6 Å². The van der Waals surface area contributed by atoms with Crippen molar-refractivity contribution >= 4 is 6.21 Å². The Hall–Kier alpha value is -1.31. The molecule has 1 saturated carbocycles. The Morgan fingerprint density at radius 1 is 1.18 bits per heavy atom. The first-order chi connectivity index (χ1) is 8.29. The molecule has 92 valence electrons. The average Bonchev–Trinajstić information content (AvgIpc) is 2.40. The number of hydrogen-bond donors (Lipinski definition) is 0. The zero-order chi connectivity index (χ0) is 12.1.